The molecule has 1 aliphatic rings. The molecule has 2 rings (SSSR count). The molecule has 4 nitrogen and oxygen atoms in total. The van der Waals surface area contributed by atoms with Crippen molar-refractivity contribution in [3.8, 4) is 0 Å². The average Bonchev–Trinajstić information content (AvgIpc) is 2.53. The van der Waals surface area contributed by atoms with Gasteiger partial charge in [-0.2, -0.15) is 21.6 Å². The molecule has 0 unspecified atom stereocenters. The molecule has 0 aromatic heterocycles. The third-order valence-corrected chi connectivity index (χ3v) is 5.96. The Kier molecular flexibility index (Phi) is 5.56. The van der Waals surface area contributed by atoms with Crippen molar-refractivity contribution in [2.24, 2.45) is 0 Å². The molecule has 1 heterocycles. The van der Waals surface area contributed by atoms with E-state index in [4.69, 9.17) is 0 Å². The largest absolute Gasteiger partial charge is 0.523 e. The van der Waals surface area contributed by atoms with Crippen molar-refractivity contribution in [3.63, 3.8) is 0 Å². The smallest absolute Gasteiger partial charge is 0.286 e. The molecule has 1 aromatic carbocycles. The third kappa shape index (κ3) is 4.17. The predicted octanol–water partition coefficient (Wildman–Crippen LogP) is 4.03. The van der Waals surface area contributed by atoms with Crippen molar-refractivity contribution in [2.45, 2.75) is 56.6 Å². The van der Waals surface area contributed by atoms with Crippen LogP contribution in [0.5, 0.6) is 0 Å². The van der Waals surface area contributed by atoms with E-state index < -0.39 is 33.3 Å². The van der Waals surface area contributed by atoms with Crippen LogP contribution in [0.1, 0.15) is 45.6 Å². The summed E-state index contributed by atoms with van der Waals surface area (Å²) >= 11 is 0. The summed E-state index contributed by atoms with van der Waals surface area (Å²) in [7, 11) is -5.60. The first-order valence-electron chi connectivity index (χ1n) is 8.19. The molecule has 8 heteroatoms. The number of likely N-dealkylation sites (tertiary alicyclic amines) is 1. The monoisotopic (exact) mass is 379 g/mol. The number of hydrogen-bond donors (Lipinski definition) is 0. The maximum absolute atomic E-state index is 12.6. The van der Waals surface area contributed by atoms with Crippen LogP contribution in [-0.4, -0.2) is 37.5 Å². The molecule has 25 heavy (non-hydrogen) atoms. The minimum Gasteiger partial charge on any atom is -0.286 e. The standard InChI is InChI=1S/C17H24F3NO3S/c1-15(2,14-9-5-4-6-10-14)21-12-8-7-11-16(21,3)13-24-25(22,23)17(18,19)20/h4-6,9-10H,7-8,11-13H2,1-3H3/t16-/m1/s1. The van der Waals surface area contributed by atoms with E-state index in [2.05, 4.69) is 9.08 Å². The van der Waals surface area contributed by atoms with Gasteiger partial charge in [0.05, 0.1) is 6.61 Å². The molecule has 0 N–H and O–H groups in total. The molecule has 0 aliphatic carbocycles. The Morgan fingerprint density at radius 1 is 1.16 bits per heavy atom. The number of rotatable bonds is 5. The summed E-state index contributed by atoms with van der Waals surface area (Å²) in [4.78, 5) is 2.06. The summed E-state index contributed by atoms with van der Waals surface area (Å²) in [5.41, 5.74) is -5.67. The second-order valence-electron chi connectivity index (χ2n) is 7.19. The number of hydrogen-bond acceptors (Lipinski definition) is 4. The second-order valence-corrected chi connectivity index (χ2v) is 8.80. The van der Waals surface area contributed by atoms with Crippen LogP contribution in [0.4, 0.5) is 13.2 Å². The van der Waals surface area contributed by atoms with Crippen LogP contribution in [0.15, 0.2) is 30.3 Å². The van der Waals surface area contributed by atoms with Crippen LogP contribution in [-0.2, 0) is 19.8 Å². The molecule has 0 amide bonds. The van der Waals surface area contributed by atoms with Crippen molar-refractivity contribution < 1.29 is 25.8 Å². The van der Waals surface area contributed by atoms with Gasteiger partial charge < -0.3 is 0 Å². The minimum absolute atomic E-state index is 0.470. The highest BCUT2D eigenvalue weighted by atomic mass is 32.2. The van der Waals surface area contributed by atoms with Gasteiger partial charge in [-0.15, -0.1) is 0 Å². The van der Waals surface area contributed by atoms with Crippen molar-refractivity contribution in [1.82, 2.24) is 4.90 Å². The van der Waals surface area contributed by atoms with Crippen molar-refractivity contribution in [3.05, 3.63) is 35.9 Å². The summed E-state index contributed by atoms with van der Waals surface area (Å²) in [6.07, 6.45) is 2.28. The molecule has 0 bridgehead atoms. The van der Waals surface area contributed by atoms with E-state index in [9.17, 15) is 21.6 Å². The summed E-state index contributed by atoms with van der Waals surface area (Å²) in [6.45, 7) is 5.88. The molecule has 1 atom stereocenters. The zero-order valence-electron chi connectivity index (χ0n) is 14.6. The molecule has 1 aromatic rings. The lowest BCUT2D eigenvalue weighted by molar-refractivity contribution is -0.0712. The van der Waals surface area contributed by atoms with Gasteiger partial charge in [0.15, 0.2) is 0 Å². The maximum atomic E-state index is 12.6. The highest BCUT2D eigenvalue weighted by Crippen LogP contribution is 2.40. The van der Waals surface area contributed by atoms with Gasteiger partial charge in [0.2, 0.25) is 0 Å². The van der Waals surface area contributed by atoms with Gasteiger partial charge in [0.1, 0.15) is 0 Å². The summed E-state index contributed by atoms with van der Waals surface area (Å²) in [5, 5.41) is 0. The van der Waals surface area contributed by atoms with Gasteiger partial charge in [0.25, 0.3) is 0 Å². The van der Waals surface area contributed by atoms with Gasteiger partial charge in [0, 0.05) is 11.1 Å². The lowest BCUT2D eigenvalue weighted by atomic mass is 9.81. The molecule has 142 valence electrons. The molecule has 1 fully saturated rings. The first-order valence-corrected chi connectivity index (χ1v) is 9.60. The summed E-state index contributed by atoms with van der Waals surface area (Å²) in [5.74, 6) is 0. The Bertz CT molecular complexity index is 689. The molecule has 0 radical (unpaired) electrons. The minimum atomic E-state index is -5.60. The molecule has 0 saturated carbocycles. The van der Waals surface area contributed by atoms with E-state index in [0.29, 0.717) is 13.0 Å². The highest BCUT2D eigenvalue weighted by Gasteiger charge is 2.50. The van der Waals surface area contributed by atoms with E-state index in [1.54, 1.807) is 6.92 Å². The zero-order chi connectivity index (χ0) is 18.9. The van der Waals surface area contributed by atoms with Crippen LogP contribution in [0, 0.1) is 0 Å². The fourth-order valence-corrected chi connectivity index (χ4v) is 4.10. The van der Waals surface area contributed by atoms with E-state index in [0.717, 1.165) is 18.4 Å². The number of benzene rings is 1. The average molecular weight is 379 g/mol. The zero-order valence-corrected chi connectivity index (χ0v) is 15.5. The van der Waals surface area contributed by atoms with Crippen LogP contribution in [0.25, 0.3) is 0 Å². The normalized spacial score (nSPS) is 23.6. The number of halogens is 3. The molecular formula is C17H24F3NO3S. The number of alkyl halides is 3. The number of nitrogens with zero attached hydrogens (tertiary/aromatic N) is 1. The van der Waals surface area contributed by atoms with E-state index in [1.165, 1.54) is 0 Å². The van der Waals surface area contributed by atoms with Crippen LogP contribution < -0.4 is 0 Å². The molecule has 0 spiro atoms. The fourth-order valence-electron chi connectivity index (χ4n) is 3.56. The first-order chi connectivity index (χ1) is 11.4. The maximum Gasteiger partial charge on any atom is 0.523 e. The Morgan fingerprint density at radius 2 is 1.76 bits per heavy atom. The fraction of sp³-hybridized carbons (Fsp3) is 0.647. The van der Waals surface area contributed by atoms with Gasteiger partial charge in [-0.3, -0.25) is 9.08 Å². The quantitative estimate of drug-likeness (QED) is 0.572. The SMILES string of the molecule is CC(C)(c1ccccc1)N1CCCC[C@]1(C)COS(=O)(=O)C(F)(F)F. The van der Waals surface area contributed by atoms with Gasteiger partial charge in [-0.25, -0.2) is 0 Å². The van der Waals surface area contributed by atoms with Crippen molar-refractivity contribution in [1.29, 1.82) is 0 Å². The Balaban J connectivity index is 2.28. The van der Waals surface area contributed by atoms with Crippen LogP contribution in [0.2, 0.25) is 0 Å². The van der Waals surface area contributed by atoms with Crippen LogP contribution >= 0.6 is 0 Å². The predicted molar refractivity (Wildman–Crippen MR) is 89.4 cm³/mol. The molecule has 1 saturated heterocycles. The Labute approximate surface area is 147 Å². The number of piperidine rings is 1. The van der Waals surface area contributed by atoms with E-state index >= 15 is 0 Å². The van der Waals surface area contributed by atoms with Gasteiger partial charge in [-0.05, 0) is 45.7 Å². The van der Waals surface area contributed by atoms with Gasteiger partial charge in [-0.1, -0.05) is 36.8 Å². The van der Waals surface area contributed by atoms with E-state index in [1.807, 2.05) is 44.2 Å². The lowest BCUT2D eigenvalue weighted by Gasteiger charge is -2.53. The highest BCUT2D eigenvalue weighted by molar-refractivity contribution is 7.87. The second kappa shape index (κ2) is 6.89. The third-order valence-electron chi connectivity index (χ3n) is 4.96. The van der Waals surface area contributed by atoms with Crippen LogP contribution in [0.3, 0.4) is 0 Å². The summed E-state index contributed by atoms with van der Waals surface area (Å²) in [6, 6.07) is 9.63. The molecule has 1 aliphatic heterocycles. The topological polar surface area (TPSA) is 46.6 Å². The Morgan fingerprint density at radius 3 is 2.32 bits per heavy atom. The summed E-state index contributed by atoms with van der Waals surface area (Å²) < 4.78 is 64.7. The molecular weight excluding hydrogens is 355 g/mol. The van der Waals surface area contributed by atoms with Crippen molar-refractivity contribution in [2.75, 3.05) is 13.2 Å². The van der Waals surface area contributed by atoms with Gasteiger partial charge >= 0.3 is 15.6 Å². The first kappa shape index (κ1) is 20.2. The lowest BCUT2D eigenvalue weighted by Crippen LogP contribution is -2.60. The Hall–Kier alpha value is -1.12. The van der Waals surface area contributed by atoms with E-state index in [-0.39, 0.29) is 0 Å². The van der Waals surface area contributed by atoms with Crippen molar-refractivity contribution >= 4 is 10.1 Å².